The number of amides is 1. The molecule has 116 valence electrons. The molecule has 0 bridgehead atoms. The zero-order valence-electron chi connectivity index (χ0n) is 13.0. The molecule has 5 heteroatoms. The summed E-state index contributed by atoms with van der Waals surface area (Å²) >= 11 is 0. The van der Waals surface area contributed by atoms with E-state index in [1.54, 1.807) is 6.92 Å². The van der Waals surface area contributed by atoms with Gasteiger partial charge in [-0.1, -0.05) is 24.6 Å². The lowest BCUT2D eigenvalue weighted by Crippen LogP contribution is -2.35. The molecular formula is C16H23NO4. The Balaban J connectivity index is 2.52. The zero-order valence-corrected chi connectivity index (χ0v) is 13.0. The van der Waals surface area contributed by atoms with Gasteiger partial charge in [-0.05, 0) is 38.3 Å². The van der Waals surface area contributed by atoms with Gasteiger partial charge >= 0.3 is 5.97 Å². The first-order valence-corrected chi connectivity index (χ1v) is 7.05. The summed E-state index contributed by atoms with van der Waals surface area (Å²) in [6, 6.07) is 4.00. The number of aryl methyl sites for hydroxylation is 3. The summed E-state index contributed by atoms with van der Waals surface area (Å²) in [6.45, 7) is 7.67. The van der Waals surface area contributed by atoms with E-state index in [0.29, 0.717) is 12.2 Å². The molecular weight excluding hydrogens is 270 g/mol. The van der Waals surface area contributed by atoms with Crippen LogP contribution in [0.15, 0.2) is 12.1 Å². The third-order valence-corrected chi connectivity index (χ3v) is 3.34. The SMILES string of the molecule is CCC(CNC(=O)COc1c(C)cc(C)cc1C)C(=O)O. The Morgan fingerprint density at radius 3 is 2.29 bits per heavy atom. The fraction of sp³-hybridized carbons (Fsp3) is 0.500. The predicted octanol–water partition coefficient (Wildman–Crippen LogP) is 2.22. The minimum Gasteiger partial charge on any atom is -0.483 e. The highest BCUT2D eigenvalue weighted by Gasteiger charge is 2.16. The molecule has 2 N–H and O–H groups in total. The van der Waals surface area contributed by atoms with Crippen molar-refractivity contribution in [3.8, 4) is 5.75 Å². The summed E-state index contributed by atoms with van der Waals surface area (Å²) in [5, 5.41) is 11.5. The topological polar surface area (TPSA) is 75.6 Å². The first kappa shape index (κ1) is 17.0. The fourth-order valence-corrected chi connectivity index (χ4v) is 2.23. The highest BCUT2D eigenvalue weighted by Crippen LogP contribution is 2.24. The Bertz CT molecular complexity index is 502. The molecule has 1 unspecified atom stereocenters. The molecule has 0 aromatic heterocycles. The first-order valence-electron chi connectivity index (χ1n) is 7.05. The average Bonchev–Trinajstić information content (AvgIpc) is 2.37. The van der Waals surface area contributed by atoms with Gasteiger partial charge in [-0.25, -0.2) is 0 Å². The van der Waals surface area contributed by atoms with E-state index in [9.17, 15) is 9.59 Å². The summed E-state index contributed by atoms with van der Waals surface area (Å²) in [7, 11) is 0. The minimum atomic E-state index is -0.899. The second-order valence-electron chi connectivity index (χ2n) is 5.26. The largest absolute Gasteiger partial charge is 0.483 e. The van der Waals surface area contributed by atoms with Crippen LogP contribution in [-0.2, 0) is 9.59 Å². The summed E-state index contributed by atoms with van der Waals surface area (Å²) in [5.74, 6) is -1.06. The molecule has 0 aliphatic carbocycles. The van der Waals surface area contributed by atoms with Crippen LogP contribution in [0.2, 0.25) is 0 Å². The maximum Gasteiger partial charge on any atom is 0.308 e. The number of hydrogen-bond donors (Lipinski definition) is 2. The third-order valence-electron chi connectivity index (χ3n) is 3.34. The van der Waals surface area contributed by atoms with E-state index in [1.807, 2.05) is 32.9 Å². The first-order chi connectivity index (χ1) is 9.85. The lowest BCUT2D eigenvalue weighted by molar-refractivity contribution is -0.141. The van der Waals surface area contributed by atoms with E-state index < -0.39 is 11.9 Å². The summed E-state index contributed by atoms with van der Waals surface area (Å²) in [5.41, 5.74) is 3.11. The highest BCUT2D eigenvalue weighted by atomic mass is 16.5. The Morgan fingerprint density at radius 2 is 1.81 bits per heavy atom. The summed E-state index contributed by atoms with van der Waals surface area (Å²) in [4.78, 5) is 22.6. The molecule has 1 rings (SSSR count). The normalized spacial score (nSPS) is 11.8. The maximum absolute atomic E-state index is 11.7. The van der Waals surface area contributed by atoms with Crippen molar-refractivity contribution < 1.29 is 19.4 Å². The summed E-state index contributed by atoms with van der Waals surface area (Å²) in [6.07, 6.45) is 0.479. The van der Waals surface area contributed by atoms with Crippen LogP contribution in [0, 0.1) is 26.7 Å². The number of rotatable bonds is 7. The molecule has 0 fully saturated rings. The minimum absolute atomic E-state index is 0.110. The van der Waals surface area contributed by atoms with E-state index >= 15 is 0 Å². The van der Waals surface area contributed by atoms with Gasteiger partial charge in [0, 0.05) is 6.54 Å². The van der Waals surface area contributed by atoms with E-state index in [2.05, 4.69) is 5.32 Å². The Labute approximate surface area is 125 Å². The number of ether oxygens (including phenoxy) is 1. The van der Waals surface area contributed by atoms with E-state index in [-0.39, 0.29) is 19.1 Å². The smallest absolute Gasteiger partial charge is 0.308 e. The number of benzene rings is 1. The Hall–Kier alpha value is -2.04. The number of carbonyl (C=O) groups is 2. The van der Waals surface area contributed by atoms with Crippen molar-refractivity contribution in [2.24, 2.45) is 5.92 Å². The highest BCUT2D eigenvalue weighted by molar-refractivity contribution is 5.78. The van der Waals surface area contributed by atoms with Crippen molar-refractivity contribution in [1.29, 1.82) is 0 Å². The van der Waals surface area contributed by atoms with Crippen molar-refractivity contribution in [2.45, 2.75) is 34.1 Å². The van der Waals surface area contributed by atoms with Crippen LogP contribution in [0.4, 0.5) is 0 Å². The molecule has 1 aromatic carbocycles. The lowest BCUT2D eigenvalue weighted by atomic mass is 10.1. The molecule has 0 aliphatic rings. The second kappa shape index (κ2) is 7.67. The molecule has 1 aromatic rings. The molecule has 21 heavy (non-hydrogen) atoms. The van der Waals surface area contributed by atoms with Crippen LogP contribution in [-0.4, -0.2) is 30.1 Å². The molecule has 5 nitrogen and oxygen atoms in total. The monoisotopic (exact) mass is 293 g/mol. The van der Waals surface area contributed by atoms with Crippen molar-refractivity contribution in [3.63, 3.8) is 0 Å². The second-order valence-corrected chi connectivity index (χ2v) is 5.26. The van der Waals surface area contributed by atoms with Gasteiger partial charge in [-0.15, -0.1) is 0 Å². The van der Waals surface area contributed by atoms with E-state index in [4.69, 9.17) is 9.84 Å². The molecule has 1 atom stereocenters. The van der Waals surface area contributed by atoms with Crippen LogP contribution < -0.4 is 10.1 Å². The molecule has 0 radical (unpaired) electrons. The Kier molecular flexibility index (Phi) is 6.21. The van der Waals surface area contributed by atoms with Gasteiger partial charge in [0.1, 0.15) is 5.75 Å². The maximum atomic E-state index is 11.7. The average molecular weight is 293 g/mol. The number of carboxylic acid groups (broad SMARTS) is 1. The van der Waals surface area contributed by atoms with Crippen molar-refractivity contribution in [3.05, 3.63) is 28.8 Å². The van der Waals surface area contributed by atoms with Gasteiger partial charge in [0.2, 0.25) is 0 Å². The molecule has 0 saturated heterocycles. The van der Waals surface area contributed by atoms with Crippen LogP contribution in [0.1, 0.15) is 30.0 Å². The van der Waals surface area contributed by atoms with Crippen molar-refractivity contribution in [1.82, 2.24) is 5.32 Å². The van der Waals surface area contributed by atoms with Crippen LogP contribution in [0.5, 0.6) is 5.75 Å². The Morgan fingerprint density at radius 1 is 1.24 bits per heavy atom. The predicted molar refractivity (Wildman–Crippen MR) is 80.6 cm³/mol. The lowest BCUT2D eigenvalue weighted by Gasteiger charge is -2.14. The van der Waals surface area contributed by atoms with Gasteiger partial charge in [0.05, 0.1) is 5.92 Å². The number of carboxylic acids is 1. The number of carbonyl (C=O) groups excluding carboxylic acids is 1. The number of hydrogen-bond acceptors (Lipinski definition) is 3. The molecule has 0 aliphatic heterocycles. The van der Waals surface area contributed by atoms with E-state index in [0.717, 1.165) is 16.7 Å². The third kappa shape index (κ3) is 5.10. The fourth-order valence-electron chi connectivity index (χ4n) is 2.23. The molecule has 0 saturated carbocycles. The van der Waals surface area contributed by atoms with Gasteiger partial charge in [0.15, 0.2) is 6.61 Å². The zero-order chi connectivity index (χ0) is 16.0. The van der Waals surface area contributed by atoms with Crippen LogP contribution in [0.3, 0.4) is 0 Å². The standard InChI is InChI=1S/C16H23NO4/c1-5-13(16(19)20)8-17-14(18)9-21-15-11(3)6-10(2)7-12(15)4/h6-7,13H,5,8-9H2,1-4H3,(H,17,18)(H,19,20). The van der Waals surface area contributed by atoms with Crippen LogP contribution in [0.25, 0.3) is 0 Å². The van der Waals surface area contributed by atoms with Gasteiger partial charge in [0.25, 0.3) is 5.91 Å². The van der Waals surface area contributed by atoms with Crippen molar-refractivity contribution >= 4 is 11.9 Å². The molecule has 0 heterocycles. The number of nitrogens with one attached hydrogen (secondary N) is 1. The summed E-state index contributed by atoms with van der Waals surface area (Å²) < 4.78 is 5.55. The van der Waals surface area contributed by atoms with Gasteiger partial charge in [-0.3, -0.25) is 9.59 Å². The van der Waals surface area contributed by atoms with Gasteiger partial charge in [-0.2, -0.15) is 0 Å². The van der Waals surface area contributed by atoms with E-state index in [1.165, 1.54) is 0 Å². The number of aliphatic carboxylic acids is 1. The van der Waals surface area contributed by atoms with Crippen molar-refractivity contribution in [2.75, 3.05) is 13.2 Å². The quantitative estimate of drug-likeness (QED) is 0.808. The molecule has 1 amide bonds. The van der Waals surface area contributed by atoms with Gasteiger partial charge < -0.3 is 15.2 Å². The molecule has 0 spiro atoms. The van der Waals surface area contributed by atoms with Crippen LogP contribution >= 0.6 is 0 Å².